The quantitative estimate of drug-likeness (QED) is 0.313. The van der Waals surface area contributed by atoms with Gasteiger partial charge in [-0.05, 0) is 67.2 Å². The molecule has 2 bridgehead atoms. The number of fused-ring (bicyclic) bond motifs is 5. The van der Waals surface area contributed by atoms with Crippen LogP contribution >= 0.6 is 0 Å². The summed E-state index contributed by atoms with van der Waals surface area (Å²) in [6.07, 6.45) is 7.65. The summed E-state index contributed by atoms with van der Waals surface area (Å²) in [4.78, 5) is 14.1. The monoisotopic (exact) mass is 559 g/mol. The first-order chi connectivity index (χ1) is 19.2. The van der Waals surface area contributed by atoms with Gasteiger partial charge in [-0.1, -0.05) is 30.6 Å². The van der Waals surface area contributed by atoms with Crippen LogP contribution < -0.4 is 0 Å². The molecule has 3 atom stereocenters. The molecule has 4 aromatic rings. The van der Waals surface area contributed by atoms with Crippen molar-refractivity contribution in [3.05, 3.63) is 76.8 Å². The lowest BCUT2D eigenvalue weighted by Crippen LogP contribution is -2.38. The molecular formula is C28H27F2N9S. The third kappa shape index (κ3) is 3.94. The van der Waals surface area contributed by atoms with E-state index in [1.165, 1.54) is 18.2 Å². The molecule has 2 aliphatic rings. The van der Waals surface area contributed by atoms with Crippen LogP contribution in [0.5, 0.6) is 0 Å². The van der Waals surface area contributed by atoms with Crippen LogP contribution in [0.4, 0.5) is 8.78 Å². The number of halogens is 2. The van der Waals surface area contributed by atoms with E-state index >= 15 is 0 Å². The van der Waals surface area contributed by atoms with Gasteiger partial charge < -0.3 is 0 Å². The van der Waals surface area contributed by atoms with Crippen LogP contribution in [-0.2, 0) is 22.5 Å². The first kappa shape index (κ1) is 26.3. The Morgan fingerprint density at radius 1 is 1.18 bits per heavy atom. The van der Waals surface area contributed by atoms with Gasteiger partial charge in [0, 0.05) is 17.9 Å². The normalized spacial score (nSPS) is 21.4. The predicted molar refractivity (Wildman–Crippen MR) is 146 cm³/mol. The van der Waals surface area contributed by atoms with Crippen LogP contribution in [0.1, 0.15) is 61.1 Å². The zero-order chi connectivity index (χ0) is 28.2. The second-order valence-corrected chi connectivity index (χ2v) is 12.7. The van der Waals surface area contributed by atoms with E-state index in [1.807, 2.05) is 25.4 Å². The molecule has 0 radical (unpaired) electrons. The number of rotatable bonds is 6. The Kier molecular flexibility index (Phi) is 6.29. The first-order valence-corrected chi connectivity index (χ1v) is 14.7. The van der Waals surface area contributed by atoms with E-state index in [1.54, 1.807) is 17.1 Å². The number of aryl methyl sites for hydroxylation is 2. The van der Waals surface area contributed by atoms with Gasteiger partial charge >= 0.3 is 0 Å². The van der Waals surface area contributed by atoms with Crippen molar-refractivity contribution in [1.29, 1.82) is 5.26 Å². The van der Waals surface area contributed by atoms with Crippen molar-refractivity contribution in [1.82, 2.24) is 34.9 Å². The van der Waals surface area contributed by atoms with Crippen LogP contribution in [0.3, 0.4) is 0 Å². The van der Waals surface area contributed by atoms with Crippen LogP contribution in [-0.4, -0.2) is 46.9 Å². The zero-order valence-corrected chi connectivity index (χ0v) is 23.4. The van der Waals surface area contributed by atoms with Gasteiger partial charge in [0.05, 0.1) is 28.1 Å². The number of nitrogens with zero attached hydrogens (tertiary/aromatic N) is 9. The Hall–Kier alpha value is -3.98. The van der Waals surface area contributed by atoms with Crippen molar-refractivity contribution >= 4 is 10.7 Å². The van der Waals surface area contributed by atoms with E-state index < -0.39 is 17.0 Å². The second kappa shape index (κ2) is 9.59. The number of hydrogen-bond donors (Lipinski definition) is 0. The molecule has 1 fully saturated rings. The van der Waals surface area contributed by atoms with Crippen LogP contribution in [0.15, 0.2) is 41.0 Å². The minimum atomic E-state index is -0.663. The number of nitriles is 1. The smallest absolute Gasteiger partial charge is 0.219 e. The molecule has 12 heteroatoms. The van der Waals surface area contributed by atoms with Gasteiger partial charge in [-0.15, -0.1) is 10.2 Å². The maximum Gasteiger partial charge on any atom is 0.252 e. The molecule has 0 aliphatic heterocycles. The highest BCUT2D eigenvalue weighted by molar-refractivity contribution is 7.86. The third-order valence-corrected chi connectivity index (χ3v) is 9.63. The van der Waals surface area contributed by atoms with Gasteiger partial charge in [-0.3, -0.25) is 0 Å². The van der Waals surface area contributed by atoms with Crippen molar-refractivity contribution in [2.75, 3.05) is 12.0 Å². The maximum atomic E-state index is 14.6. The molecular weight excluding hydrogens is 532 g/mol. The molecule has 3 aromatic heterocycles. The Morgan fingerprint density at radius 2 is 1.95 bits per heavy atom. The van der Waals surface area contributed by atoms with Crippen LogP contribution in [0.2, 0.25) is 0 Å². The van der Waals surface area contributed by atoms with Crippen molar-refractivity contribution in [2.24, 2.45) is 9.78 Å². The van der Waals surface area contributed by atoms with Gasteiger partial charge in [0.2, 0.25) is 6.19 Å². The standard InChI is InChI=1S/C28H27F2N9S/c1-16-12-22(35-26(34-16)39-15-32-23(38-39)9-11-40(4)33-14-31)28-10-8-18(27(28,2)3)17-13-21(36-37-25(17)28)24-19(29)6-5-7-20(24)30/h5-7,12-13,15,18H,8-11H2,1-4H3/t18-,28-,40?/m0/s1. The highest BCUT2D eigenvalue weighted by atomic mass is 32.2. The molecule has 204 valence electrons. The fraction of sp³-hybridized carbons (Fsp3) is 0.393. The summed E-state index contributed by atoms with van der Waals surface area (Å²) in [7, 11) is -0.375. The minimum Gasteiger partial charge on any atom is -0.219 e. The third-order valence-electron chi connectivity index (χ3n) is 8.44. The fourth-order valence-corrected chi connectivity index (χ4v) is 7.20. The molecule has 1 unspecified atom stereocenters. The molecule has 0 spiro atoms. The van der Waals surface area contributed by atoms with Crippen molar-refractivity contribution in [2.45, 2.75) is 51.4 Å². The fourth-order valence-electron chi connectivity index (χ4n) is 6.49. The summed E-state index contributed by atoms with van der Waals surface area (Å²) >= 11 is 0. The minimum absolute atomic E-state index is 0.130. The SMILES string of the molecule is Cc1cc([C@@]23CC[C@@H](c4cc(-c5c(F)cccc5F)nnc42)C3(C)C)nc(-n2cnc(CCS(C)=NC#N)n2)n1. The summed E-state index contributed by atoms with van der Waals surface area (Å²) in [5.41, 5.74) is 2.57. The summed E-state index contributed by atoms with van der Waals surface area (Å²) < 4.78 is 34.6. The Morgan fingerprint density at radius 3 is 2.70 bits per heavy atom. The Balaban J connectivity index is 1.41. The lowest BCUT2D eigenvalue weighted by atomic mass is 9.66. The van der Waals surface area contributed by atoms with Crippen molar-refractivity contribution in [3.63, 3.8) is 0 Å². The van der Waals surface area contributed by atoms with E-state index in [4.69, 9.17) is 10.2 Å². The summed E-state index contributed by atoms with van der Waals surface area (Å²) in [6, 6.07) is 7.59. The molecule has 9 nitrogen and oxygen atoms in total. The zero-order valence-electron chi connectivity index (χ0n) is 22.6. The highest BCUT2D eigenvalue weighted by Gasteiger charge is 2.65. The summed E-state index contributed by atoms with van der Waals surface area (Å²) in [5, 5.41) is 22.3. The molecule has 40 heavy (non-hydrogen) atoms. The van der Waals surface area contributed by atoms with E-state index in [0.717, 1.165) is 35.5 Å². The van der Waals surface area contributed by atoms with Crippen LogP contribution in [0.25, 0.3) is 17.2 Å². The predicted octanol–water partition coefficient (Wildman–Crippen LogP) is 4.76. The lowest BCUT2D eigenvalue weighted by molar-refractivity contribution is 0.242. The number of hydrogen-bond acceptors (Lipinski definition) is 8. The maximum absolute atomic E-state index is 14.6. The molecule has 0 amide bonds. The van der Waals surface area contributed by atoms with Crippen LogP contribution in [0, 0.1) is 35.4 Å². The first-order valence-electron chi connectivity index (χ1n) is 13.0. The second-order valence-electron chi connectivity index (χ2n) is 10.9. The van der Waals surface area contributed by atoms with E-state index in [-0.39, 0.29) is 33.3 Å². The Bertz CT molecular complexity index is 1700. The van der Waals surface area contributed by atoms with Gasteiger partial charge in [0.1, 0.15) is 18.0 Å². The molecule has 1 aromatic carbocycles. The molecule has 3 heterocycles. The number of aromatic nitrogens is 7. The Labute approximate surface area is 232 Å². The van der Waals surface area contributed by atoms with Crippen molar-refractivity contribution in [3.8, 4) is 23.4 Å². The van der Waals surface area contributed by atoms with E-state index in [9.17, 15) is 8.78 Å². The molecule has 2 aliphatic carbocycles. The molecule has 1 saturated carbocycles. The molecule has 0 saturated heterocycles. The highest BCUT2D eigenvalue weighted by Crippen LogP contribution is 2.69. The average molecular weight is 560 g/mol. The topological polar surface area (TPSA) is 118 Å². The van der Waals surface area contributed by atoms with Crippen molar-refractivity contribution < 1.29 is 8.78 Å². The molecule has 6 rings (SSSR count). The van der Waals surface area contributed by atoms with Gasteiger partial charge in [0.15, 0.2) is 5.82 Å². The van der Waals surface area contributed by atoms with E-state index in [0.29, 0.717) is 23.9 Å². The molecule has 0 N–H and O–H groups in total. The largest absolute Gasteiger partial charge is 0.252 e. The summed E-state index contributed by atoms with van der Waals surface area (Å²) in [5.74, 6) is 0.525. The van der Waals surface area contributed by atoms with E-state index in [2.05, 4.69) is 43.5 Å². The lowest BCUT2D eigenvalue weighted by Gasteiger charge is -2.37. The summed E-state index contributed by atoms with van der Waals surface area (Å²) in [6.45, 7) is 6.32. The number of benzene rings is 1. The van der Waals surface area contributed by atoms with Gasteiger partial charge in [0.25, 0.3) is 5.95 Å². The van der Waals surface area contributed by atoms with Gasteiger partial charge in [-0.25, -0.2) is 23.7 Å². The average Bonchev–Trinajstić information content (AvgIpc) is 3.55. The van der Waals surface area contributed by atoms with Gasteiger partial charge in [-0.2, -0.15) is 19.4 Å².